The molecule has 11 nitrogen and oxygen atoms in total. The van der Waals surface area contributed by atoms with Crippen LogP contribution in [0.3, 0.4) is 0 Å². The molecule has 1 fully saturated rings. The van der Waals surface area contributed by atoms with Crippen molar-refractivity contribution < 1.29 is 49.3 Å². The van der Waals surface area contributed by atoms with Crippen molar-refractivity contribution in [3.05, 3.63) is 72.9 Å². The first-order chi connectivity index (χ1) is 33.2. The fourth-order valence-corrected chi connectivity index (χ4v) is 8.07. The first-order valence-corrected chi connectivity index (χ1v) is 27.3. The summed E-state index contributed by atoms with van der Waals surface area (Å²) in [6.07, 6.45) is 45.2. The number of carbonyl (C=O) groups excluding carboxylic acids is 2. The number of hydrogen-bond donors (Lipinski definition) is 6. The molecule has 0 radical (unpaired) electrons. The summed E-state index contributed by atoms with van der Waals surface area (Å²) in [7, 11) is 0. The van der Waals surface area contributed by atoms with E-state index < -0.39 is 67.4 Å². The van der Waals surface area contributed by atoms with E-state index in [9.17, 15) is 35.1 Å². The fraction of sp³-hybridized carbons (Fsp3) is 0.754. The average molecular weight is 958 g/mol. The second-order valence-corrected chi connectivity index (χ2v) is 18.7. The van der Waals surface area contributed by atoms with Crippen molar-refractivity contribution in [2.75, 3.05) is 13.2 Å². The summed E-state index contributed by atoms with van der Waals surface area (Å²) in [6.45, 7) is 5.57. The van der Waals surface area contributed by atoms with Gasteiger partial charge in [-0.3, -0.25) is 9.59 Å². The third-order valence-electron chi connectivity index (χ3n) is 12.4. The molecule has 8 atom stereocenters. The van der Waals surface area contributed by atoms with Crippen LogP contribution in [0.15, 0.2) is 72.9 Å². The van der Waals surface area contributed by atoms with Crippen LogP contribution >= 0.6 is 0 Å². The van der Waals surface area contributed by atoms with E-state index >= 15 is 0 Å². The van der Waals surface area contributed by atoms with Crippen LogP contribution in [0.1, 0.15) is 213 Å². The second-order valence-electron chi connectivity index (χ2n) is 18.7. The van der Waals surface area contributed by atoms with Gasteiger partial charge in [0.15, 0.2) is 12.4 Å². The van der Waals surface area contributed by atoms with Crippen LogP contribution in [0.2, 0.25) is 0 Å². The number of rotatable bonds is 44. The zero-order chi connectivity index (χ0) is 49.7. The molecule has 0 aromatic carbocycles. The molecule has 68 heavy (non-hydrogen) atoms. The molecule has 1 amide bonds. The van der Waals surface area contributed by atoms with Crippen molar-refractivity contribution in [2.45, 2.75) is 262 Å². The minimum Gasteiger partial charge on any atom is -0.454 e. The molecule has 0 bridgehead atoms. The van der Waals surface area contributed by atoms with Crippen LogP contribution in [0, 0.1) is 0 Å². The summed E-state index contributed by atoms with van der Waals surface area (Å²) in [5.74, 6) is -1.25. The monoisotopic (exact) mass is 958 g/mol. The van der Waals surface area contributed by atoms with Gasteiger partial charge in [0, 0.05) is 6.42 Å². The maximum absolute atomic E-state index is 13.3. The van der Waals surface area contributed by atoms with Gasteiger partial charge in [0.25, 0.3) is 0 Å². The molecule has 0 aromatic rings. The van der Waals surface area contributed by atoms with E-state index in [0.717, 1.165) is 77.0 Å². The Balaban J connectivity index is 2.80. The summed E-state index contributed by atoms with van der Waals surface area (Å²) in [6, 6.07) is -1.04. The van der Waals surface area contributed by atoms with E-state index in [2.05, 4.69) is 50.4 Å². The minimum absolute atomic E-state index is 0.0746. The Kier molecular flexibility index (Phi) is 42.0. The van der Waals surface area contributed by atoms with E-state index in [-0.39, 0.29) is 19.4 Å². The van der Waals surface area contributed by atoms with Gasteiger partial charge in [0.05, 0.1) is 25.4 Å². The van der Waals surface area contributed by atoms with Gasteiger partial charge in [-0.05, 0) is 70.6 Å². The fourth-order valence-electron chi connectivity index (χ4n) is 8.07. The van der Waals surface area contributed by atoms with Crippen LogP contribution in [-0.2, 0) is 23.8 Å². The van der Waals surface area contributed by atoms with Crippen molar-refractivity contribution in [3.8, 4) is 0 Å². The predicted octanol–water partition coefficient (Wildman–Crippen LogP) is 11.7. The molecule has 6 N–H and O–H groups in total. The van der Waals surface area contributed by atoms with Crippen LogP contribution in [0.4, 0.5) is 0 Å². The largest absolute Gasteiger partial charge is 0.454 e. The number of ether oxygens (including phenoxy) is 3. The summed E-state index contributed by atoms with van der Waals surface area (Å²) in [5, 5.41) is 56.7. The number of esters is 1. The molecule has 0 aliphatic carbocycles. The van der Waals surface area contributed by atoms with Gasteiger partial charge in [-0.1, -0.05) is 209 Å². The molecule has 1 heterocycles. The van der Waals surface area contributed by atoms with Gasteiger partial charge >= 0.3 is 5.97 Å². The Morgan fingerprint density at radius 3 is 1.65 bits per heavy atom. The smallest absolute Gasteiger partial charge is 0.306 e. The molecule has 8 unspecified atom stereocenters. The van der Waals surface area contributed by atoms with E-state index in [4.69, 9.17) is 14.2 Å². The third-order valence-corrected chi connectivity index (χ3v) is 12.4. The topological polar surface area (TPSA) is 175 Å². The Morgan fingerprint density at radius 1 is 0.588 bits per heavy atom. The van der Waals surface area contributed by atoms with E-state index in [0.29, 0.717) is 12.8 Å². The van der Waals surface area contributed by atoms with Crippen LogP contribution in [0.5, 0.6) is 0 Å². The lowest BCUT2D eigenvalue weighted by atomic mass is 9.99. The number of unbranched alkanes of at least 4 members (excludes halogenated alkanes) is 23. The van der Waals surface area contributed by atoms with E-state index in [1.807, 2.05) is 42.5 Å². The molecular formula is C57H99NO10. The molecular weight excluding hydrogens is 859 g/mol. The van der Waals surface area contributed by atoms with Gasteiger partial charge < -0.3 is 45.1 Å². The van der Waals surface area contributed by atoms with Crippen LogP contribution in [-0.4, -0.2) is 99.6 Å². The molecule has 392 valence electrons. The molecule has 1 saturated heterocycles. The van der Waals surface area contributed by atoms with Crippen molar-refractivity contribution >= 4 is 11.9 Å². The maximum atomic E-state index is 13.3. The van der Waals surface area contributed by atoms with Crippen LogP contribution in [0.25, 0.3) is 0 Å². The highest BCUT2D eigenvalue weighted by atomic mass is 16.7. The third kappa shape index (κ3) is 33.6. The number of allylic oxidation sites excluding steroid dienone is 11. The first kappa shape index (κ1) is 63.1. The Bertz CT molecular complexity index is 1380. The summed E-state index contributed by atoms with van der Waals surface area (Å²) < 4.78 is 17.5. The number of aliphatic hydroxyl groups excluding tert-OH is 5. The summed E-state index contributed by atoms with van der Waals surface area (Å²) in [5.41, 5.74) is 0. The highest BCUT2D eigenvalue weighted by Crippen LogP contribution is 2.26. The zero-order valence-electron chi connectivity index (χ0n) is 43.0. The second kappa shape index (κ2) is 45.3. The minimum atomic E-state index is -1.63. The maximum Gasteiger partial charge on any atom is 0.306 e. The van der Waals surface area contributed by atoms with Crippen molar-refractivity contribution in [1.82, 2.24) is 5.32 Å². The molecule has 11 heteroatoms. The highest BCUT2D eigenvalue weighted by Gasteiger charge is 2.47. The number of amides is 1. The lowest BCUT2D eigenvalue weighted by Gasteiger charge is -2.41. The van der Waals surface area contributed by atoms with Gasteiger partial charge in [0.2, 0.25) is 5.91 Å². The SMILES string of the molecule is CC/C=C/C=C/C=C\C=C/CCCCCC(=O)OC1C(OCC(NC(=O)C(O)CCCCCCCC/C=C\CCCCCC)C(O)/C=C/CCCCCCCCCCCC)OC(CO)C(O)C1O. The lowest BCUT2D eigenvalue weighted by Crippen LogP contribution is -2.61. The van der Waals surface area contributed by atoms with Crippen LogP contribution < -0.4 is 5.32 Å². The number of carbonyl (C=O) groups is 2. The zero-order valence-corrected chi connectivity index (χ0v) is 43.0. The van der Waals surface area contributed by atoms with Gasteiger partial charge in [-0.25, -0.2) is 0 Å². The average Bonchev–Trinajstić information content (AvgIpc) is 3.33. The Labute approximate surface area is 413 Å². The van der Waals surface area contributed by atoms with Crippen molar-refractivity contribution in [3.63, 3.8) is 0 Å². The summed E-state index contributed by atoms with van der Waals surface area (Å²) in [4.78, 5) is 26.4. The molecule has 0 aromatic heterocycles. The van der Waals surface area contributed by atoms with Gasteiger partial charge in [-0.15, -0.1) is 0 Å². The Hall–Kier alpha value is -2.90. The standard InChI is InChI=1S/C57H99NO10/c1-4-7-10-13-16-19-22-25-27-29-32-35-38-41-44-50(61)56(65)58-48(49(60)43-40-37-34-31-28-24-21-18-15-12-9-6-3)47-66-57-55(54(64)53(63)51(46-59)67-57)68-52(62)45-42-39-36-33-30-26-23-20-17-14-11-8-5-2/h8,11,14,17,19-20,22-23,26,30,40,43,48-51,53-55,57,59-61,63-64H,4-7,9-10,12-13,15-16,18,21,24-25,27-29,31-39,41-42,44-47H2,1-3H3,(H,58,65)/b11-8+,17-14+,22-19-,23-20-,30-26-,43-40+. The number of aliphatic hydroxyl groups is 5. The molecule has 0 saturated carbocycles. The quantitative estimate of drug-likeness (QED) is 0.0149. The van der Waals surface area contributed by atoms with Gasteiger partial charge in [-0.2, -0.15) is 0 Å². The molecule has 1 aliphatic rings. The molecule has 0 spiro atoms. The van der Waals surface area contributed by atoms with Crippen molar-refractivity contribution in [1.29, 1.82) is 0 Å². The number of hydrogen-bond acceptors (Lipinski definition) is 10. The van der Waals surface area contributed by atoms with Gasteiger partial charge in [0.1, 0.15) is 24.4 Å². The normalized spacial score (nSPS) is 20.5. The molecule has 1 aliphatic heterocycles. The first-order valence-electron chi connectivity index (χ1n) is 27.3. The molecule has 1 rings (SSSR count). The highest BCUT2D eigenvalue weighted by molar-refractivity contribution is 5.80. The lowest BCUT2D eigenvalue weighted by molar-refractivity contribution is -0.305. The number of nitrogens with one attached hydrogen (secondary N) is 1. The predicted molar refractivity (Wildman–Crippen MR) is 278 cm³/mol. The van der Waals surface area contributed by atoms with E-state index in [1.54, 1.807) is 6.08 Å². The van der Waals surface area contributed by atoms with E-state index in [1.165, 1.54) is 89.9 Å². The Morgan fingerprint density at radius 2 is 1.07 bits per heavy atom. The summed E-state index contributed by atoms with van der Waals surface area (Å²) >= 11 is 0. The van der Waals surface area contributed by atoms with Crippen molar-refractivity contribution in [2.24, 2.45) is 0 Å².